The zero-order valence-corrected chi connectivity index (χ0v) is 17.1. The lowest BCUT2D eigenvalue weighted by Crippen LogP contribution is -2.51. The van der Waals surface area contributed by atoms with E-state index in [-0.39, 0.29) is 6.03 Å². The van der Waals surface area contributed by atoms with Crippen molar-refractivity contribution < 1.29 is 9.53 Å². The first kappa shape index (κ1) is 19.5. The Morgan fingerprint density at radius 1 is 1.26 bits per heavy atom. The SMILES string of the molecule is CCOc1ccccc1N1CCN(C(=O)NCc2csc(C(C)C)n2)CC1. The second-order valence-electron chi connectivity index (χ2n) is 6.87. The molecule has 1 aliphatic rings. The summed E-state index contributed by atoms with van der Waals surface area (Å²) in [4.78, 5) is 21.2. The van der Waals surface area contributed by atoms with Gasteiger partial charge in [-0.15, -0.1) is 11.3 Å². The van der Waals surface area contributed by atoms with E-state index in [0.717, 1.165) is 35.2 Å². The summed E-state index contributed by atoms with van der Waals surface area (Å²) in [5, 5.41) is 6.13. The fraction of sp³-hybridized carbons (Fsp3) is 0.500. The summed E-state index contributed by atoms with van der Waals surface area (Å²) < 4.78 is 5.73. The third-order valence-electron chi connectivity index (χ3n) is 4.56. The minimum atomic E-state index is -0.0214. The van der Waals surface area contributed by atoms with Gasteiger partial charge in [-0.3, -0.25) is 0 Å². The molecule has 0 aliphatic carbocycles. The maximum absolute atomic E-state index is 12.5. The maximum Gasteiger partial charge on any atom is 0.317 e. The van der Waals surface area contributed by atoms with Crippen LogP contribution in [0, 0.1) is 0 Å². The Hall–Kier alpha value is -2.28. The molecule has 0 atom stereocenters. The molecule has 27 heavy (non-hydrogen) atoms. The molecule has 2 heterocycles. The fourth-order valence-corrected chi connectivity index (χ4v) is 3.93. The summed E-state index contributed by atoms with van der Waals surface area (Å²) in [6, 6.07) is 8.07. The Bertz CT molecular complexity index is 754. The fourth-order valence-electron chi connectivity index (χ4n) is 3.09. The molecule has 1 aliphatic heterocycles. The van der Waals surface area contributed by atoms with E-state index in [1.54, 1.807) is 11.3 Å². The van der Waals surface area contributed by atoms with Crippen LogP contribution < -0.4 is 15.0 Å². The number of aromatic nitrogens is 1. The summed E-state index contributed by atoms with van der Waals surface area (Å²) in [6.07, 6.45) is 0. The monoisotopic (exact) mass is 388 g/mol. The van der Waals surface area contributed by atoms with Gasteiger partial charge in [-0.25, -0.2) is 9.78 Å². The van der Waals surface area contributed by atoms with Crippen LogP contribution in [0.5, 0.6) is 5.75 Å². The van der Waals surface area contributed by atoms with Crippen LogP contribution in [0.3, 0.4) is 0 Å². The molecule has 3 rings (SSSR count). The van der Waals surface area contributed by atoms with Crippen LogP contribution in [-0.4, -0.2) is 48.7 Å². The summed E-state index contributed by atoms with van der Waals surface area (Å²) in [7, 11) is 0. The number of amides is 2. The van der Waals surface area contributed by atoms with Gasteiger partial charge in [0.15, 0.2) is 0 Å². The average Bonchev–Trinajstić information content (AvgIpc) is 3.16. The number of benzene rings is 1. The largest absolute Gasteiger partial charge is 0.492 e. The van der Waals surface area contributed by atoms with Crippen molar-refractivity contribution in [1.82, 2.24) is 15.2 Å². The summed E-state index contributed by atoms with van der Waals surface area (Å²) in [5.74, 6) is 1.33. The third kappa shape index (κ3) is 4.91. The van der Waals surface area contributed by atoms with Crippen molar-refractivity contribution in [3.05, 3.63) is 40.3 Å². The van der Waals surface area contributed by atoms with Crippen LogP contribution >= 0.6 is 11.3 Å². The molecule has 1 fully saturated rings. The van der Waals surface area contributed by atoms with Crippen molar-refractivity contribution in [3.8, 4) is 5.75 Å². The van der Waals surface area contributed by atoms with Crippen LogP contribution in [0.25, 0.3) is 0 Å². The topological polar surface area (TPSA) is 57.7 Å². The van der Waals surface area contributed by atoms with Gasteiger partial charge in [0, 0.05) is 37.5 Å². The van der Waals surface area contributed by atoms with E-state index in [9.17, 15) is 4.79 Å². The number of nitrogens with one attached hydrogen (secondary N) is 1. The summed E-state index contributed by atoms with van der Waals surface area (Å²) in [6.45, 7) is 10.4. The highest BCUT2D eigenvalue weighted by atomic mass is 32.1. The van der Waals surface area contributed by atoms with E-state index >= 15 is 0 Å². The van der Waals surface area contributed by atoms with Crippen LogP contribution in [0.15, 0.2) is 29.6 Å². The van der Waals surface area contributed by atoms with E-state index in [1.807, 2.05) is 35.4 Å². The number of rotatable bonds is 6. The number of hydrogen-bond acceptors (Lipinski definition) is 5. The van der Waals surface area contributed by atoms with Gasteiger partial charge in [-0.05, 0) is 19.1 Å². The molecule has 0 unspecified atom stereocenters. The quantitative estimate of drug-likeness (QED) is 0.820. The molecule has 1 aromatic carbocycles. The molecule has 1 N–H and O–H groups in total. The molecule has 1 aromatic heterocycles. The first-order valence-corrected chi connectivity index (χ1v) is 10.4. The van der Waals surface area contributed by atoms with E-state index in [2.05, 4.69) is 35.1 Å². The number of carbonyl (C=O) groups excluding carboxylic acids is 1. The van der Waals surface area contributed by atoms with Gasteiger partial charge in [0.1, 0.15) is 5.75 Å². The van der Waals surface area contributed by atoms with Crippen LogP contribution in [0.2, 0.25) is 0 Å². The van der Waals surface area contributed by atoms with Crippen molar-refractivity contribution >= 4 is 23.1 Å². The Kier molecular flexibility index (Phi) is 6.55. The number of nitrogens with zero attached hydrogens (tertiary/aromatic N) is 3. The van der Waals surface area contributed by atoms with E-state index in [1.165, 1.54) is 0 Å². The molecule has 0 saturated carbocycles. The first-order chi connectivity index (χ1) is 13.1. The van der Waals surface area contributed by atoms with Crippen LogP contribution in [0.1, 0.15) is 37.4 Å². The summed E-state index contributed by atoms with van der Waals surface area (Å²) in [5.41, 5.74) is 2.03. The van der Waals surface area contributed by atoms with Gasteiger partial charge in [-0.1, -0.05) is 26.0 Å². The molecule has 146 valence electrons. The molecule has 1 saturated heterocycles. The molecule has 6 nitrogen and oxygen atoms in total. The molecule has 2 aromatic rings. The van der Waals surface area contributed by atoms with Crippen molar-refractivity contribution in [3.63, 3.8) is 0 Å². The minimum Gasteiger partial charge on any atom is -0.492 e. The lowest BCUT2D eigenvalue weighted by molar-refractivity contribution is 0.193. The Balaban J connectivity index is 1.50. The van der Waals surface area contributed by atoms with Gasteiger partial charge in [0.05, 0.1) is 29.5 Å². The third-order valence-corrected chi connectivity index (χ3v) is 5.75. The smallest absolute Gasteiger partial charge is 0.317 e. The number of carbonyl (C=O) groups is 1. The maximum atomic E-state index is 12.5. The summed E-state index contributed by atoms with van der Waals surface area (Å²) >= 11 is 1.65. The second-order valence-corrected chi connectivity index (χ2v) is 7.76. The zero-order valence-electron chi connectivity index (χ0n) is 16.3. The lowest BCUT2D eigenvalue weighted by atomic mass is 10.2. The Morgan fingerprint density at radius 3 is 2.67 bits per heavy atom. The highest BCUT2D eigenvalue weighted by Gasteiger charge is 2.23. The average molecular weight is 389 g/mol. The molecular formula is C20H28N4O2S. The number of urea groups is 1. The number of piperazine rings is 1. The molecule has 2 amide bonds. The van der Waals surface area contributed by atoms with Crippen molar-refractivity contribution in [2.24, 2.45) is 0 Å². The molecular weight excluding hydrogens is 360 g/mol. The Labute approximate surface area is 165 Å². The first-order valence-electron chi connectivity index (χ1n) is 9.52. The highest BCUT2D eigenvalue weighted by molar-refractivity contribution is 7.09. The van der Waals surface area contributed by atoms with Gasteiger partial charge in [0.2, 0.25) is 0 Å². The van der Waals surface area contributed by atoms with Crippen molar-refractivity contribution in [1.29, 1.82) is 0 Å². The van der Waals surface area contributed by atoms with E-state index in [0.29, 0.717) is 32.2 Å². The predicted molar refractivity (Wildman–Crippen MR) is 110 cm³/mol. The Morgan fingerprint density at radius 2 is 2.00 bits per heavy atom. The van der Waals surface area contributed by atoms with Gasteiger partial charge >= 0.3 is 6.03 Å². The van der Waals surface area contributed by atoms with Crippen molar-refractivity contribution in [2.75, 3.05) is 37.7 Å². The number of anilines is 1. The van der Waals surface area contributed by atoms with Crippen LogP contribution in [0.4, 0.5) is 10.5 Å². The van der Waals surface area contributed by atoms with Gasteiger partial charge in [-0.2, -0.15) is 0 Å². The van der Waals surface area contributed by atoms with Crippen LogP contribution in [-0.2, 0) is 6.54 Å². The predicted octanol–water partition coefficient (Wildman–Crippen LogP) is 3.70. The lowest BCUT2D eigenvalue weighted by Gasteiger charge is -2.36. The number of hydrogen-bond donors (Lipinski definition) is 1. The number of thiazole rings is 1. The second kappa shape index (κ2) is 9.08. The molecule has 0 radical (unpaired) electrons. The number of para-hydroxylation sites is 2. The van der Waals surface area contributed by atoms with E-state index < -0.39 is 0 Å². The molecule has 7 heteroatoms. The molecule has 0 bridgehead atoms. The van der Waals surface area contributed by atoms with Gasteiger partial charge < -0.3 is 19.9 Å². The standard InChI is InChI=1S/C20H28N4O2S/c1-4-26-18-8-6-5-7-17(18)23-9-11-24(12-10-23)20(25)21-13-16-14-27-19(22-16)15(2)3/h5-8,14-15H,4,9-13H2,1-3H3,(H,21,25). The van der Waals surface area contributed by atoms with Crippen molar-refractivity contribution in [2.45, 2.75) is 33.2 Å². The number of ether oxygens (including phenoxy) is 1. The normalized spacial score (nSPS) is 14.5. The highest BCUT2D eigenvalue weighted by Crippen LogP contribution is 2.28. The zero-order chi connectivity index (χ0) is 19.2. The minimum absolute atomic E-state index is 0.0214. The molecule has 0 spiro atoms. The van der Waals surface area contributed by atoms with Gasteiger partial charge in [0.25, 0.3) is 0 Å². The van der Waals surface area contributed by atoms with E-state index in [4.69, 9.17) is 4.74 Å².